The molecule has 7 heteroatoms. The number of carbonyl (C=O) groups is 1. The molecule has 1 aliphatic heterocycles. The summed E-state index contributed by atoms with van der Waals surface area (Å²) in [4.78, 5) is 18.1. The Bertz CT molecular complexity index is 882. The van der Waals surface area contributed by atoms with Crippen molar-refractivity contribution in [2.24, 2.45) is 5.92 Å². The van der Waals surface area contributed by atoms with Gasteiger partial charge in [0, 0.05) is 13.1 Å². The number of hydrogen-bond acceptors (Lipinski definition) is 4. The number of aromatic carboxylic acids is 1. The van der Waals surface area contributed by atoms with Crippen LogP contribution in [-0.2, 0) is 13.0 Å². The minimum Gasteiger partial charge on any atom is -0.477 e. The maximum Gasteiger partial charge on any atom is 0.354 e. The first kappa shape index (κ1) is 22.6. The van der Waals surface area contributed by atoms with Gasteiger partial charge >= 0.3 is 5.97 Å². The van der Waals surface area contributed by atoms with Crippen molar-refractivity contribution in [3.05, 3.63) is 39.7 Å². The second-order valence-electron chi connectivity index (χ2n) is 8.23. The van der Waals surface area contributed by atoms with Crippen molar-refractivity contribution in [3.8, 4) is 0 Å². The van der Waals surface area contributed by atoms with Gasteiger partial charge in [-0.2, -0.15) is 0 Å². The van der Waals surface area contributed by atoms with Crippen LogP contribution in [0.1, 0.15) is 60.4 Å². The van der Waals surface area contributed by atoms with Crippen LogP contribution < -0.4 is 10.2 Å². The van der Waals surface area contributed by atoms with E-state index in [9.17, 15) is 9.90 Å². The van der Waals surface area contributed by atoms with E-state index >= 15 is 0 Å². The van der Waals surface area contributed by atoms with Crippen molar-refractivity contribution >= 4 is 29.2 Å². The van der Waals surface area contributed by atoms with Gasteiger partial charge < -0.3 is 19.9 Å². The molecule has 2 N–H and O–H groups in total. The molecule has 0 spiro atoms. The molecule has 6 nitrogen and oxygen atoms in total. The monoisotopic (exact) mass is 432 g/mol. The van der Waals surface area contributed by atoms with Gasteiger partial charge in [0.1, 0.15) is 0 Å². The van der Waals surface area contributed by atoms with Crippen LogP contribution in [0.3, 0.4) is 0 Å². The molecule has 4 rings (SSSR count). The number of aryl methyl sites for hydroxylation is 3. The van der Waals surface area contributed by atoms with Crippen molar-refractivity contribution in [3.63, 3.8) is 0 Å². The first-order chi connectivity index (χ1) is 14.4. The number of halogens is 1. The summed E-state index contributed by atoms with van der Waals surface area (Å²) < 4.78 is 1.77. The molecule has 0 bridgehead atoms. The number of carboxylic acid groups (broad SMARTS) is 1. The van der Waals surface area contributed by atoms with Crippen LogP contribution in [0.4, 0.5) is 11.6 Å². The number of nitrogens with one attached hydrogen (secondary N) is 1. The topological polar surface area (TPSA) is 70.4 Å². The zero-order valence-corrected chi connectivity index (χ0v) is 19.2. The molecule has 1 saturated carbocycles. The van der Waals surface area contributed by atoms with Gasteiger partial charge in [0.05, 0.1) is 16.4 Å². The zero-order valence-electron chi connectivity index (χ0n) is 18.5. The normalized spacial score (nSPS) is 15.0. The van der Waals surface area contributed by atoms with Crippen LogP contribution in [0, 0.1) is 19.8 Å². The molecule has 2 heterocycles. The standard InChI is InChI=1S/C16H18ClN3O2.C7H15N/c1-4-12-14(15(21)22)20-6-5-19(16(20)18-12)13-10(3)7-9(2)8-11(13)17;1-2-5-8-6-7-3-4-7/h7-8H,4-6H2,1-3H3,(H,21,22);7-8H,2-6H2,1H3. The number of carboxylic acids is 1. The molecule has 1 aliphatic carbocycles. The van der Waals surface area contributed by atoms with E-state index in [2.05, 4.69) is 23.3 Å². The van der Waals surface area contributed by atoms with Crippen LogP contribution in [-0.4, -0.2) is 40.3 Å². The summed E-state index contributed by atoms with van der Waals surface area (Å²) in [6.07, 6.45) is 4.80. The molecule has 2 aromatic rings. The average Bonchev–Trinajstić information content (AvgIpc) is 3.30. The van der Waals surface area contributed by atoms with Crippen molar-refractivity contribution in [2.45, 2.75) is 59.9 Å². The van der Waals surface area contributed by atoms with Crippen LogP contribution >= 0.6 is 11.6 Å². The SMILES string of the molecule is CCCNCC1CC1.CCc1nc2n(c1C(=O)O)CCN2c1c(C)cc(C)cc1Cl. The summed E-state index contributed by atoms with van der Waals surface area (Å²) in [6, 6.07) is 4.00. The first-order valence-corrected chi connectivity index (χ1v) is 11.3. The molecule has 30 heavy (non-hydrogen) atoms. The zero-order chi connectivity index (χ0) is 21.8. The summed E-state index contributed by atoms with van der Waals surface area (Å²) in [7, 11) is 0. The molecule has 0 amide bonds. The highest BCUT2D eigenvalue weighted by Gasteiger charge is 2.31. The van der Waals surface area contributed by atoms with Crippen molar-refractivity contribution < 1.29 is 9.90 Å². The predicted molar refractivity (Wildman–Crippen MR) is 122 cm³/mol. The van der Waals surface area contributed by atoms with E-state index < -0.39 is 5.97 Å². The smallest absolute Gasteiger partial charge is 0.354 e. The third-order valence-electron chi connectivity index (χ3n) is 5.57. The van der Waals surface area contributed by atoms with Crippen LogP contribution in [0.25, 0.3) is 0 Å². The van der Waals surface area contributed by atoms with Crippen LogP contribution in [0.15, 0.2) is 12.1 Å². The van der Waals surface area contributed by atoms with Crippen LogP contribution in [0.5, 0.6) is 0 Å². The molecule has 1 aromatic carbocycles. The number of fused-ring (bicyclic) bond motifs is 1. The Morgan fingerprint density at radius 3 is 2.57 bits per heavy atom. The number of hydrogen-bond donors (Lipinski definition) is 2. The maximum atomic E-state index is 11.5. The molecule has 0 unspecified atom stereocenters. The van der Waals surface area contributed by atoms with E-state index in [4.69, 9.17) is 11.6 Å². The van der Waals surface area contributed by atoms with Gasteiger partial charge in [-0.05, 0) is 75.7 Å². The molecule has 0 atom stereocenters. The summed E-state index contributed by atoms with van der Waals surface area (Å²) in [6.45, 7) is 11.9. The molecule has 1 aromatic heterocycles. The molecule has 2 aliphatic rings. The van der Waals surface area contributed by atoms with Gasteiger partial charge in [-0.25, -0.2) is 9.78 Å². The highest BCUT2D eigenvalue weighted by molar-refractivity contribution is 6.33. The van der Waals surface area contributed by atoms with E-state index in [-0.39, 0.29) is 0 Å². The van der Waals surface area contributed by atoms with E-state index in [1.807, 2.05) is 31.7 Å². The quantitative estimate of drug-likeness (QED) is 0.605. The fourth-order valence-corrected chi connectivity index (χ4v) is 4.38. The van der Waals surface area contributed by atoms with E-state index in [1.165, 1.54) is 32.4 Å². The Morgan fingerprint density at radius 1 is 1.27 bits per heavy atom. The third kappa shape index (κ3) is 4.98. The highest BCUT2D eigenvalue weighted by Crippen LogP contribution is 2.38. The van der Waals surface area contributed by atoms with Gasteiger partial charge in [-0.1, -0.05) is 31.5 Å². The van der Waals surface area contributed by atoms with Crippen molar-refractivity contribution in [2.75, 3.05) is 24.5 Å². The number of imidazole rings is 1. The minimum atomic E-state index is -0.927. The Balaban J connectivity index is 0.000000269. The lowest BCUT2D eigenvalue weighted by atomic mass is 10.1. The summed E-state index contributed by atoms with van der Waals surface area (Å²) in [5, 5.41) is 13.5. The number of anilines is 2. The fraction of sp³-hybridized carbons (Fsp3) is 0.565. The first-order valence-electron chi connectivity index (χ1n) is 10.9. The van der Waals surface area contributed by atoms with E-state index in [0.29, 0.717) is 41.9 Å². The predicted octanol–water partition coefficient (Wildman–Crippen LogP) is 4.96. The highest BCUT2D eigenvalue weighted by atomic mass is 35.5. The van der Waals surface area contributed by atoms with Gasteiger partial charge in [0.25, 0.3) is 0 Å². The van der Waals surface area contributed by atoms with Gasteiger partial charge in [0.15, 0.2) is 5.69 Å². The van der Waals surface area contributed by atoms with E-state index in [0.717, 1.165) is 22.7 Å². The Labute approximate surface area is 184 Å². The Morgan fingerprint density at radius 2 is 2.00 bits per heavy atom. The fourth-order valence-electron chi connectivity index (χ4n) is 3.96. The van der Waals surface area contributed by atoms with Crippen LogP contribution in [0.2, 0.25) is 5.02 Å². The van der Waals surface area contributed by atoms with Gasteiger partial charge in [0.2, 0.25) is 5.95 Å². The molecule has 164 valence electrons. The lowest BCUT2D eigenvalue weighted by molar-refractivity contribution is 0.0684. The third-order valence-corrected chi connectivity index (χ3v) is 5.86. The summed E-state index contributed by atoms with van der Waals surface area (Å²) in [5.74, 6) is 0.786. The minimum absolute atomic E-state index is 0.292. The second-order valence-corrected chi connectivity index (χ2v) is 8.64. The van der Waals surface area contributed by atoms with E-state index in [1.54, 1.807) is 4.57 Å². The van der Waals surface area contributed by atoms with Gasteiger partial charge in [-0.15, -0.1) is 0 Å². The second kappa shape index (κ2) is 9.84. The summed E-state index contributed by atoms with van der Waals surface area (Å²) >= 11 is 6.43. The number of benzene rings is 1. The Hall–Kier alpha value is -2.05. The number of nitrogens with zero attached hydrogens (tertiary/aromatic N) is 3. The van der Waals surface area contributed by atoms with Crippen molar-refractivity contribution in [1.29, 1.82) is 0 Å². The number of aromatic nitrogens is 2. The lowest BCUT2D eigenvalue weighted by Gasteiger charge is -2.20. The lowest BCUT2D eigenvalue weighted by Crippen LogP contribution is -2.16. The number of rotatable bonds is 7. The molecule has 0 saturated heterocycles. The molecule has 0 radical (unpaired) electrons. The largest absolute Gasteiger partial charge is 0.477 e. The molecular formula is C23H33ClN4O2. The molecule has 1 fully saturated rings. The Kier molecular flexibility index (Phi) is 7.42. The summed E-state index contributed by atoms with van der Waals surface area (Å²) in [5.41, 5.74) is 4.00. The molecular weight excluding hydrogens is 400 g/mol. The maximum absolute atomic E-state index is 11.5. The van der Waals surface area contributed by atoms with Crippen molar-refractivity contribution in [1.82, 2.24) is 14.9 Å². The van der Waals surface area contributed by atoms with Gasteiger partial charge in [-0.3, -0.25) is 0 Å². The average molecular weight is 433 g/mol.